The average Bonchev–Trinajstić information content (AvgIpc) is 2.94. The van der Waals surface area contributed by atoms with Crippen LogP contribution in [0.2, 0.25) is 0 Å². The Morgan fingerprint density at radius 1 is 1.10 bits per heavy atom. The molecule has 112 valence electrons. The summed E-state index contributed by atoms with van der Waals surface area (Å²) < 4.78 is 40.4. The summed E-state index contributed by atoms with van der Waals surface area (Å²) in [5, 5.41) is 7.03. The van der Waals surface area contributed by atoms with E-state index in [1.165, 1.54) is 10.7 Å². The van der Waals surface area contributed by atoms with Crippen molar-refractivity contribution in [1.29, 1.82) is 0 Å². The lowest BCUT2D eigenvalue weighted by Gasteiger charge is -2.23. The van der Waals surface area contributed by atoms with Crippen LogP contribution < -0.4 is 5.32 Å². The van der Waals surface area contributed by atoms with Gasteiger partial charge in [0.1, 0.15) is 0 Å². The van der Waals surface area contributed by atoms with Crippen LogP contribution in [0.5, 0.6) is 0 Å². The number of hydrogen-bond acceptors (Lipinski definition) is 2. The molecule has 1 aromatic carbocycles. The summed E-state index contributed by atoms with van der Waals surface area (Å²) in [7, 11) is 0. The van der Waals surface area contributed by atoms with Gasteiger partial charge >= 0.3 is 6.18 Å². The number of aromatic nitrogens is 2. The van der Waals surface area contributed by atoms with E-state index in [4.69, 9.17) is 0 Å². The Labute approximate surface area is 120 Å². The molecule has 2 aromatic rings. The first kappa shape index (κ1) is 14.1. The first-order valence-corrected chi connectivity index (χ1v) is 6.99. The van der Waals surface area contributed by atoms with Crippen LogP contribution in [0.25, 0.3) is 5.69 Å². The van der Waals surface area contributed by atoms with Gasteiger partial charge in [-0.15, -0.1) is 0 Å². The third-order valence-corrected chi connectivity index (χ3v) is 3.79. The number of nitrogens with zero attached hydrogens (tertiary/aromatic N) is 2. The molecule has 0 radical (unpaired) electrons. The van der Waals surface area contributed by atoms with E-state index in [1.807, 2.05) is 6.07 Å². The third kappa shape index (κ3) is 2.95. The van der Waals surface area contributed by atoms with Crippen LogP contribution in [0.4, 0.5) is 13.2 Å². The second-order valence-corrected chi connectivity index (χ2v) is 5.22. The van der Waals surface area contributed by atoms with Crippen LogP contribution in [0.15, 0.2) is 36.4 Å². The largest absolute Gasteiger partial charge is 0.435 e. The van der Waals surface area contributed by atoms with Crippen LogP contribution in [-0.2, 0) is 6.18 Å². The first-order valence-electron chi connectivity index (χ1n) is 6.99. The second kappa shape index (κ2) is 5.52. The van der Waals surface area contributed by atoms with Crippen LogP contribution in [0.1, 0.15) is 30.1 Å². The van der Waals surface area contributed by atoms with Gasteiger partial charge in [-0.3, -0.25) is 0 Å². The van der Waals surface area contributed by atoms with E-state index in [9.17, 15) is 13.2 Å². The quantitative estimate of drug-likeness (QED) is 0.920. The van der Waals surface area contributed by atoms with Crippen molar-refractivity contribution in [2.24, 2.45) is 0 Å². The zero-order valence-corrected chi connectivity index (χ0v) is 11.4. The van der Waals surface area contributed by atoms with Gasteiger partial charge in [0.25, 0.3) is 0 Å². The number of piperidine rings is 1. The Hall–Kier alpha value is -1.82. The summed E-state index contributed by atoms with van der Waals surface area (Å²) in [5.41, 5.74) is 0.497. The molecule has 3 nitrogen and oxygen atoms in total. The second-order valence-electron chi connectivity index (χ2n) is 5.22. The molecule has 1 aliphatic rings. The SMILES string of the molecule is FC(F)(F)c1cc(C2CCNCC2)n(-c2ccccc2)n1. The van der Waals surface area contributed by atoms with E-state index < -0.39 is 11.9 Å². The van der Waals surface area contributed by atoms with Crippen molar-refractivity contribution in [3.63, 3.8) is 0 Å². The minimum absolute atomic E-state index is 0.107. The van der Waals surface area contributed by atoms with Gasteiger partial charge in [0, 0.05) is 11.6 Å². The maximum atomic E-state index is 13.0. The van der Waals surface area contributed by atoms with Crippen LogP contribution in [0, 0.1) is 0 Å². The van der Waals surface area contributed by atoms with Gasteiger partial charge in [-0.05, 0) is 44.1 Å². The molecule has 0 aliphatic carbocycles. The normalized spacial score (nSPS) is 17.1. The van der Waals surface area contributed by atoms with Gasteiger partial charge in [-0.25, -0.2) is 4.68 Å². The molecular weight excluding hydrogens is 279 g/mol. The van der Waals surface area contributed by atoms with Crippen molar-refractivity contribution < 1.29 is 13.2 Å². The summed E-state index contributed by atoms with van der Waals surface area (Å²) in [4.78, 5) is 0. The Morgan fingerprint density at radius 2 is 1.76 bits per heavy atom. The fourth-order valence-electron chi connectivity index (χ4n) is 2.72. The zero-order chi connectivity index (χ0) is 14.9. The summed E-state index contributed by atoms with van der Waals surface area (Å²) in [6.45, 7) is 1.65. The number of alkyl halides is 3. The highest BCUT2D eigenvalue weighted by Gasteiger charge is 2.36. The zero-order valence-electron chi connectivity index (χ0n) is 11.4. The van der Waals surface area contributed by atoms with Crippen molar-refractivity contribution in [3.05, 3.63) is 47.8 Å². The minimum Gasteiger partial charge on any atom is -0.317 e. The molecule has 3 rings (SSSR count). The van der Waals surface area contributed by atoms with Gasteiger partial charge in [0.15, 0.2) is 5.69 Å². The average molecular weight is 295 g/mol. The molecule has 2 heterocycles. The van der Waals surface area contributed by atoms with Crippen molar-refractivity contribution in [2.75, 3.05) is 13.1 Å². The number of nitrogens with one attached hydrogen (secondary N) is 1. The lowest BCUT2D eigenvalue weighted by molar-refractivity contribution is -0.141. The molecule has 21 heavy (non-hydrogen) atoms. The molecule has 0 spiro atoms. The van der Waals surface area contributed by atoms with Gasteiger partial charge in [-0.1, -0.05) is 18.2 Å². The molecule has 0 atom stereocenters. The predicted molar refractivity (Wildman–Crippen MR) is 73.4 cm³/mol. The molecule has 6 heteroatoms. The van der Waals surface area contributed by atoms with Crippen LogP contribution in [-0.4, -0.2) is 22.9 Å². The fraction of sp³-hybridized carbons (Fsp3) is 0.400. The van der Waals surface area contributed by atoms with E-state index in [1.54, 1.807) is 24.3 Å². The highest BCUT2D eigenvalue weighted by Crippen LogP contribution is 2.34. The first-order chi connectivity index (χ1) is 10.1. The maximum absolute atomic E-state index is 13.0. The Kier molecular flexibility index (Phi) is 3.71. The maximum Gasteiger partial charge on any atom is 0.435 e. The van der Waals surface area contributed by atoms with Crippen molar-refractivity contribution >= 4 is 0 Å². The number of hydrogen-bond donors (Lipinski definition) is 1. The molecule has 0 unspecified atom stereocenters. The van der Waals surface area contributed by atoms with Gasteiger partial charge in [0.05, 0.1) is 5.69 Å². The lowest BCUT2D eigenvalue weighted by atomic mass is 9.94. The Bertz CT molecular complexity index is 598. The van der Waals surface area contributed by atoms with Crippen LogP contribution in [0.3, 0.4) is 0 Å². The van der Waals surface area contributed by atoms with E-state index in [0.29, 0.717) is 11.4 Å². The van der Waals surface area contributed by atoms with Crippen molar-refractivity contribution in [3.8, 4) is 5.69 Å². The van der Waals surface area contributed by atoms with E-state index in [0.717, 1.165) is 25.9 Å². The van der Waals surface area contributed by atoms with Gasteiger partial charge in [0.2, 0.25) is 0 Å². The highest BCUT2D eigenvalue weighted by molar-refractivity contribution is 5.35. The molecule has 0 bridgehead atoms. The molecule has 0 saturated carbocycles. The van der Waals surface area contributed by atoms with Gasteiger partial charge in [-0.2, -0.15) is 18.3 Å². The third-order valence-electron chi connectivity index (χ3n) is 3.79. The predicted octanol–water partition coefficient (Wildman–Crippen LogP) is 3.36. The van der Waals surface area contributed by atoms with Gasteiger partial charge < -0.3 is 5.32 Å². The highest BCUT2D eigenvalue weighted by atomic mass is 19.4. The van der Waals surface area contributed by atoms with Crippen LogP contribution >= 0.6 is 0 Å². The summed E-state index contributed by atoms with van der Waals surface area (Å²) >= 11 is 0. The van der Waals surface area contributed by atoms with Crippen molar-refractivity contribution in [1.82, 2.24) is 15.1 Å². The molecular formula is C15H16F3N3. The number of halogens is 3. The van der Waals surface area contributed by atoms with Crippen molar-refractivity contribution in [2.45, 2.75) is 24.9 Å². The Morgan fingerprint density at radius 3 is 2.38 bits per heavy atom. The summed E-state index contributed by atoms with van der Waals surface area (Å²) in [6, 6.07) is 10.2. The summed E-state index contributed by atoms with van der Waals surface area (Å²) in [5.74, 6) is 0.107. The number of para-hydroxylation sites is 1. The fourth-order valence-corrected chi connectivity index (χ4v) is 2.72. The topological polar surface area (TPSA) is 29.9 Å². The smallest absolute Gasteiger partial charge is 0.317 e. The summed E-state index contributed by atoms with van der Waals surface area (Å²) in [6.07, 6.45) is -2.76. The molecule has 1 fully saturated rings. The van der Waals surface area contributed by atoms with E-state index in [2.05, 4.69) is 10.4 Å². The van der Waals surface area contributed by atoms with E-state index in [-0.39, 0.29) is 5.92 Å². The monoisotopic (exact) mass is 295 g/mol. The molecule has 1 N–H and O–H groups in total. The minimum atomic E-state index is -4.41. The standard InChI is InChI=1S/C15H16F3N3/c16-15(17,18)14-10-13(11-6-8-19-9-7-11)21(20-14)12-4-2-1-3-5-12/h1-5,10-11,19H,6-9H2. The lowest BCUT2D eigenvalue weighted by Crippen LogP contribution is -2.27. The number of benzene rings is 1. The molecule has 0 amide bonds. The molecule has 1 aliphatic heterocycles. The molecule has 1 saturated heterocycles. The number of rotatable bonds is 2. The molecule has 1 aromatic heterocycles. The van der Waals surface area contributed by atoms with E-state index >= 15 is 0 Å². The Balaban J connectivity index is 2.06.